The van der Waals surface area contributed by atoms with Crippen LogP contribution >= 0.6 is 11.3 Å². The number of hydrogen-bond donors (Lipinski definition) is 1. The topological polar surface area (TPSA) is 59.2 Å². The molecule has 1 amide bonds. The van der Waals surface area contributed by atoms with Gasteiger partial charge in [0, 0.05) is 24.7 Å². The van der Waals surface area contributed by atoms with Gasteiger partial charge in [-0.2, -0.15) is 0 Å². The van der Waals surface area contributed by atoms with Gasteiger partial charge in [-0.3, -0.25) is 4.79 Å². The largest absolute Gasteiger partial charge is 0.397 e. The summed E-state index contributed by atoms with van der Waals surface area (Å²) in [5, 5.41) is 0.868. The van der Waals surface area contributed by atoms with E-state index < -0.39 is 0 Å². The van der Waals surface area contributed by atoms with Crippen molar-refractivity contribution >= 4 is 33.1 Å². The third-order valence-corrected chi connectivity index (χ3v) is 4.50. The standard InChI is InChI=1S/C14H19N3OS/c1-4-6-9(2)17(3)14(18)12-11(15)10-7-5-8-16-13(10)19-12/h5,7-9H,4,6,15H2,1-3H3. The van der Waals surface area contributed by atoms with Crippen LogP contribution in [0, 0.1) is 0 Å². The summed E-state index contributed by atoms with van der Waals surface area (Å²) in [6.07, 6.45) is 3.77. The van der Waals surface area contributed by atoms with Crippen molar-refractivity contribution in [3.8, 4) is 0 Å². The van der Waals surface area contributed by atoms with Crippen LogP contribution in [0.1, 0.15) is 36.4 Å². The molecule has 0 aromatic carbocycles. The minimum absolute atomic E-state index is 0.0125. The lowest BCUT2D eigenvalue weighted by Crippen LogP contribution is -2.34. The van der Waals surface area contributed by atoms with E-state index in [1.165, 1.54) is 11.3 Å². The van der Waals surface area contributed by atoms with Crippen molar-refractivity contribution in [3.63, 3.8) is 0 Å². The summed E-state index contributed by atoms with van der Waals surface area (Å²) >= 11 is 1.37. The maximum absolute atomic E-state index is 12.5. The van der Waals surface area contributed by atoms with Gasteiger partial charge in [-0.05, 0) is 25.5 Å². The first-order valence-electron chi connectivity index (χ1n) is 6.46. The number of amides is 1. The zero-order valence-electron chi connectivity index (χ0n) is 11.5. The lowest BCUT2D eigenvalue weighted by Gasteiger charge is -2.24. The highest BCUT2D eigenvalue weighted by atomic mass is 32.1. The van der Waals surface area contributed by atoms with Gasteiger partial charge in [-0.1, -0.05) is 13.3 Å². The number of hydrogen-bond acceptors (Lipinski definition) is 4. The molecule has 2 aromatic heterocycles. The van der Waals surface area contributed by atoms with Crippen molar-refractivity contribution in [2.24, 2.45) is 0 Å². The first-order valence-corrected chi connectivity index (χ1v) is 7.28. The van der Waals surface area contributed by atoms with Gasteiger partial charge >= 0.3 is 0 Å². The predicted molar refractivity (Wildman–Crippen MR) is 80.5 cm³/mol. The Balaban J connectivity index is 2.33. The summed E-state index contributed by atoms with van der Waals surface area (Å²) in [5.41, 5.74) is 6.62. The third kappa shape index (κ3) is 2.56. The molecule has 1 unspecified atom stereocenters. The van der Waals surface area contributed by atoms with E-state index in [1.807, 2.05) is 19.2 Å². The number of nitrogens with zero attached hydrogens (tertiary/aromatic N) is 2. The fraction of sp³-hybridized carbons (Fsp3) is 0.429. The summed E-state index contributed by atoms with van der Waals surface area (Å²) < 4.78 is 0. The Morgan fingerprint density at radius 3 is 2.95 bits per heavy atom. The number of carbonyl (C=O) groups is 1. The number of nitrogen functional groups attached to an aromatic ring is 1. The molecular formula is C14H19N3OS. The van der Waals surface area contributed by atoms with Crippen LogP contribution in [0.3, 0.4) is 0 Å². The summed E-state index contributed by atoms with van der Waals surface area (Å²) in [6, 6.07) is 3.96. The van der Waals surface area contributed by atoms with Crippen LogP contribution in [-0.4, -0.2) is 28.9 Å². The maximum atomic E-state index is 12.5. The second-order valence-corrected chi connectivity index (χ2v) is 5.75. The van der Waals surface area contributed by atoms with E-state index in [9.17, 15) is 4.79 Å². The Labute approximate surface area is 117 Å². The van der Waals surface area contributed by atoms with Crippen molar-refractivity contribution in [1.82, 2.24) is 9.88 Å². The van der Waals surface area contributed by atoms with Crippen molar-refractivity contribution in [3.05, 3.63) is 23.2 Å². The maximum Gasteiger partial charge on any atom is 0.266 e. The number of fused-ring (bicyclic) bond motifs is 1. The number of pyridine rings is 1. The number of rotatable bonds is 4. The van der Waals surface area contributed by atoms with Gasteiger partial charge in [-0.15, -0.1) is 11.3 Å². The first-order chi connectivity index (χ1) is 9.06. The Morgan fingerprint density at radius 2 is 2.32 bits per heavy atom. The molecule has 2 aromatic rings. The van der Waals surface area contributed by atoms with Crippen LogP contribution < -0.4 is 5.73 Å². The second kappa shape index (κ2) is 5.57. The quantitative estimate of drug-likeness (QED) is 0.934. The van der Waals surface area contributed by atoms with E-state index in [0.29, 0.717) is 10.6 Å². The van der Waals surface area contributed by atoms with E-state index in [2.05, 4.69) is 18.8 Å². The molecule has 19 heavy (non-hydrogen) atoms. The molecule has 0 fully saturated rings. The normalized spacial score (nSPS) is 12.6. The monoisotopic (exact) mass is 277 g/mol. The fourth-order valence-electron chi connectivity index (χ4n) is 2.08. The molecule has 102 valence electrons. The second-order valence-electron chi connectivity index (χ2n) is 4.75. The zero-order chi connectivity index (χ0) is 14.0. The van der Waals surface area contributed by atoms with E-state index in [4.69, 9.17) is 5.73 Å². The van der Waals surface area contributed by atoms with Gasteiger partial charge in [0.1, 0.15) is 9.71 Å². The van der Waals surface area contributed by atoms with Crippen molar-refractivity contribution < 1.29 is 4.79 Å². The van der Waals surface area contributed by atoms with Crippen LogP contribution in [0.15, 0.2) is 18.3 Å². The predicted octanol–water partition coefficient (Wildman–Crippen LogP) is 3.14. The molecule has 0 saturated carbocycles. The number of nitrogens with two attached hydrogens (primary N) is 1. The van der Waals surface area contributed by atoms with Crippen LogP contribution in [0.2, 0.25) is 0 Å². The van der Waals surface area contributed by atoms with Gasteiger partial charge in [0.2, 0.25) is 0 Å². The van der Waals surface area contributed by atoms with E-state index in [1.54, 1.807) is 11.1 Å². The summed E-state index contributed by atoms with van der Waals surface area (Å²) in [4.78, 5) is 19.9. The zero-order valence-corrected chi connectivity index (χ0v) is 12.3. The molecule has 0 radical (unpaired) electrons. The molecular weight excluding hydrogens is 258 g/mol. The lowest BCUT2D eigenvalue weighted by molar-refractivity contribution is 0.0742. The summed E-state index contributed by atoms with van der Waals surface area (Å²) in [6.45, 7) is 4.18. The molecule has 0 saturated heterocycles. The molecule has 2 rings (SSSR count). The molecule has 0 spiro atoms. The Morgan fingerprint density at radius 1 is 1.58 bits per heavy atom. The van der Waals surface area contributed by atoms with Crippen molar-refractivity contribution in [2.75, 3.05) is 12.8 Å². The van der Waals surface area contributed by atoms with Gasteiger partial charge in [0.05, 0.1) is 5.69 Å². The highest BCUT2D eigenvalue weighted by Crippen LogP contribution is 2.33. The third-order valence-electron chi connectivity index (χ3n) is 3.39. The summed E-state index contributed by atoms with van der Waals surface area (Å²) in [7, 11) is 1.83. The van der Waals surface area contributed by atoms with Crippen molar-refractivity contribution in [2.45, 2.75) is 32.7 Å². The molecule has 5 heteroatoms. The number of carbonyl (C=O) groups excluding carboxylic acids is 1. The van der Waals surface area contributed by atoms with Gasteiger partial charge in [0.25, 0.3) is 5.91 Å². The van der Waals surface area contributed by atoms with Gasteiger partial charge in [-0.25, -0.2) is 4.98 Å². The lowest BCUT2D eigenvalue weighted by atomic mass is 10.1. The molecule has 0 bridgehead atoms. The first kappa shape index (κ1) is 13.8. The van der Waals surface area contributed by atoms with Crippen molar-refractivity contribution in [1.29, 1.82) is 0 Å². The van der Waals surface area contributed by atoms with Crippen LogP contribution in [-0.2, 0) is 0 Å². The molecule has 1 atom stereocenters. The Bertz CT molecular complexity index is 593. The number of anilines is 1. The van der Waals surface area contributed by atoms with E-state index >= 15 is 0 Å². The minimum Gasteiger partial charge on any atom is -0.397 e. The molecule has 0 aliphatic heterocycles. The molecule has 2 heterocycles. The van der Waals surface area contributed by atoms with Gasteiger partial charge in [0.15, 0.2) is 0 Å². The Hall–Kier alpha value is -1.62. The van der Waals surface area contributed by atoms with Crippen LogP contribution in [0.25, 0.3) is 10.2 Å². The SMILES string of the molecule is CCCC(C)N(C)C(=O)c1sc2ncccc2c1N. The smallest absolute Gasteiger partial charge is 0.266 e. The summed E-state index contributed by atoms with van der Waals surface area (Å²) in [5.74, 6) is -0.0125. The average Bonchev–Trinajstić information content (AvgIpc) is 2.75. The molecule has 0 aliphatic carbocycles. The van der Waals surface area contributed by atoms with E-state index in [0.717, 1.165) is 23.1 Å². The fourth-order valence-corrected chi connectivity index (χ4v) is 3.13. The highest BCUT2D eigenvalue weighted by molar-refractivity contribution is 7.21. The Kier molecular flexibility index (Phi) is 4.04. The van der Waals surface area contributed by atoms with Crippen LogP contribution in [0.5, 0.6) is 0 Å². The highest BCUT2D eigenvalue weighted by Gasteiger charge is 2.22. The average molecular weight is 277 g/mol. The molecule has 0 aliphatic rings. The van der Waals surface area contributed by atoms with E-state index in [-0.39, 0.29) is 11.9 Å². The number of thiophene rings is 1. The minimum atomic E-state index is -0.0125. The molecule has 2 N–H and O–H groups in total. The molecule has 4 nitrogen and oxygen atoms in total. The van der Waals surface area contributed by atoms with Crippen LogP contribution in [0.4, 0.5) is 5.69 Å². The number of aromatic nitrogens is 1. The van der Waals surface area contributed by atoms with Gasteiger partial charge < -0.3 is 10.6 Å².